The Bertz CT molecular complexity index is 1240. The van der Waals surface area contributed by atoms with Gasteiger partial charge in [0.15, 0.2) is 5.13 Å². The van der Waals surface area contributed by atoms with Crippen LogP contribution in [0.5, 0.6) is 5.75 Å². The van der Waals surface area contributed by atoms with E-state index in [1.807, 2.05) is 60.4 Å². The maximum atomic E-state index is 13.7. The SMILES string of the molecule is CCOc1cccc2sc(N(CCN(CC)CC)C(=O)c3ccc(Cc4ccccc4)cc3)nc12.Cl. The Morgan fingerprint density at radius 2 is 1.56 bits per heavy atom. The van der Waals surface area contributed by atoms with Crippen LogP contribution in [0.2, 0.25) is 0 Å². The van der Waals surface area contributed by atoms with Crippen molar-refractivity contribution in [2.24, 2.45) is 0 Å². The van der Waals surface area contributed by atoms with Crippen molar-refractivity contribution in [2.75, 3.05) is 37.7 Å². The fourth-order valence-electron chi connectivity index (χ4n) is 4.12. The van der Waals surface area contributed by atoms with Crippen LogP contribution in [-0.4, -0.2) is 48.6 Å². The molecule has 0 saturated heterocycles. The lowest BCUT2D eigenvalue weighted by Gasteiger charge is -2.24. The quantitative estimate of drug-likeness (QED) is 0.219. The highest BCUT2D eigenvalue weighted by Gasteiger charge is 2.23. The molecule has 7 heteroatoms. The summed E-state index contributed by atoms with van der Waals surface area (Å²) < 4.78 is 6.80. The number of rotatable bonds is 11. The molecule has 4 rings (SSSR count). The predicted molar refractivity (Wildman–Crippen MR) is 153 cm³/mol. The van der Waals surface area contributed by atoms with E-state index in [-0.39, 0.29) is 18.3 Å². The van der Waals surface area contributed by atoms with Gasteiger partial charge in [-0.2, -0.15) is 0 Å². The first-order valence-corrected chi connectivity index (χ1v) is 13.1. The third-order valence-electron chi connectivity index (χ3n) is 6.13. The second-order valence-electron chi connectivity index (χ2n) is 8.38. The standard InChI is InChI=1S/C29H33N3O2S.ClH/c1-4-31(5-2)19-20-32(29-30-27-25(34-6-3)13-10-14-26(27)35-29)28(33)24-17-15-23(16-18-24)21-22-11-8-7-9-12-22;/h7-18H,4-6,19-21H2,1-3H3;1H. The molecule has 1 aromatic heterocycles. The van der Waals surface area contributed by atoms with Gasteiger partial charge in [0.25, 0.3) is 5.91 Å². The second kappa shape index (κ2) is 13.4. The van der Waals surface area contributed by atoms with E-state index in [1.165, 1.54) is 22.5 Å². The van der Waals surface area contributed by atoms with Crippen LogP contribution in [0, 0.1) is 0 Å². The zero-order valence-corrected chi connectivity index (χ0v) is 22.8. The number of amides is 1. The number of halogens is 1. The number of ether oxygens (including phenoxy) is 1. The van der Waals surface area contributed by atoms with Crippen molar-refractivity contribution in [3.8, 4) is 5.75 Å². The molecule has 0 fully saturated rings. The molecule has 0 saturated carbocycles. The van der Waals surface area contributed by atoms with Crippen molar-refractivity contribution in [3.05, 3.63) is 89.5 Å². The number of carbonyl (C=O) groups excluding carboxylic acids is 1. The molecule has 0 N–H and O–H groups in total. The summed E-state index contributed by atoms with van der Waals surface area (Å²) in [5.41, 5.74) is 3.93. The second-order valence-corrected chi connectivity index (χ2v) is 9.38. The first kappa shape index (κ1) is 27.7. The fourth-order valence-corrected chi connectivity index (χ4v) is 5.12. The lowest BCUT2D eigenvalue weighted by atomic mass is 10.0. The van der Waals surface area contributed by atoms with E-state index in [0.29, 0.717) is 23.8 Å². The average molecular weight is 524 g/mol. The number of para-hydroxylation sites is 1. The van der Waals surface area contributed by atoms with E-state index < -0.39 is 0 Å². The molecule has 36 heavy (non-hydrogen) atoms. The van der Waals surface area contributed by atoms with Crippen LogP contribution < -0.4 is 9.64 Å². The van der Waals surface area contributed by atoms with Gasteiger partial charge in [0, 0.05) is 18.7 Å². The Labute approximate surface area is 224 Å². The van der Waals surface area contributed by atoms with E-state index >= 15 is 0 Å². The summed E-state index contributed by atoms with van der Waals surface area (Å²) in [6, 6.07) is 24.3. The van der Waals surface area contributed by atoms with Gasteiger partial charge in [-0.1, -0.05) is 73.7 Å². The van der Waals surface area contributed by atoms with Gasteiger partial charge in [0.2, 0.25) is 0 Å². The Kier molecular flexibility index (Phi) is 10.3. The summed E-state index contributed by atoms with van der Waals surface area (Å²) in [5.74, 6) is 0.731. The molecular formula is C29H34ClN3O2S. The number of benzene rings is 3. The average Bonchev–Trinajstić information content (AvgIpc) is 3.33. The normalized spacial score (nSPS) is 10.9. The summed E-state index contributed by atoms with van der Waals surface area (Å²) in [6.45, 7) is 10.1. The molecule has 0 bridgehead atoms. The number of aromatic nitrogens is 1. The molecule has 1 amide bonds. The maximum absolute atomic E-state index is 13.7. The van der Waals surface area contributed by atoms with Crippen molar-refractivity contribution < 1.29 is 9.53 Å². The topological polar surface area (TPSA) is 45.7 Å². The van der Waals surface area contributed by atoms with Gasteiger partial charge < -0.3 is 9.64 Å². The zero-order valence-electron chi connectivity index (χ0n) is 21.1. The molecule has 3 aromatic carbocycles. The lowest BCUT2D eigenvalue weighted by Crippen LogP contribution is -2.38. The molecule has 4 aromatic rings. The molecule has 0 spiro atoms. The van der Waals surface area contributed by atoms with E-state index in [9.17, 15) is 4.79 Å². The van der Waals surface area contributed by atoms with Crippen LogP contribution in [0.4, 0.5) is 5.13 Å². The third kappa shape index (κ3) is 6.64. The predicted octanol–water partition coefficient (Wildman–Crippen LogP) is 6.70. The van der Waals surface area contributed by atoms with Crippen LogP contribution in [-0.2, 0) is 6.42 Å². The highest BCUT2D eigenvalue weighted by Crippen LogP contribution is 2.34. The zero-order chi connectivity index (χ0) is 24.6. The van der Waals surface area contributed by atoms with Gasteiger partial charge in [-0.05, 0) is 61.8 Å². The highest BCUT2D eigenvalue weighted by molar-refractivity contribution is 7.22. The monoisotopic (exact) mass is 523 g/mol. The minimum atomic E-state index is -0.0274. The number of nitrogens with zero attached hydrogens (tertiary/aromatic N) is 3. The molecule has 0 aliphatic heterocycles. The molecule has 0 aliphatic rings. The molecule has 0 atom stereocenters. The molecule has 0 unspecified atom stereocenters. The van der Waals surface area contributed by atoms with Gasteiger partial charge in [0.05, 0.1) is 11.3 Å². The number of anilines is 1. The summed E-state index contributed by atoms with van der Waals surface area (Å²) in [4.78, 5) is 22.7. The Hall–Kier alpha value is -2.93. The molecule has 1 heterocycles. The Morgan fingerprint density at radius 1 is 0.861 bits per heavy atom. The summed E-state index contributed by atoms with van der Waals surface area (Å²) >= 11 is 1.54. The number of likely N-dealkylation sites (N-methyl/N-ethyl adjacent to an activating group) is 1. The first-order valence-electron chi connectivity index (χ1n) is 12.3. The van der Waals surface area contributed by atoms with Crippen LogP contribution >= 0.6 is 23.7 Å². The van der Waals surface area contributed by atoms with Gasteiger partial charge in [0.1, 0.15) is 11.3 Å². The number of hydrogen-bond acceptors (Lipinski definition) is 5. The van der Waals surface area contributed by atoms with Crippen molar-refractivity contribution in [2.45, 2.75) is 27.2 Å². The Balaban J connectivity index is 0.00000361. The highest BCUT2D eigenvalue weighted by atomic mass is 35.5. The lowest BCUT2D eigenvalue weighted by molar-refractivity contribution is 0.0983. The van der Waals surface area contributed by atoms with E-state index in [2.05, 4.69) is 43.0 Å². The minimum Gasteiger partial charge on any atom is -0.492 e. The number of fused-ring (bicyclic) bond motifs is 1. The molecular weight excluding hydrogens is 490 g/mol. The van der Waals surface area contributed by atoms with Crippen LogP contribution in [0.1, 0.15) is 42.3 Å². The molecule has 0 radical (unpaired) electrons. The van der Waals surface area contributed by atoms with Gasteiger partial charge in [-0.3, -0.25) is 9.69 Å². The number of carbonyl (C=O) groups is 1. The largest absolute Gasteiger partial charge is 0.492 e. The van der Waals surface area contributed by atoms with Gasteiger partial charge in [-0.25, -0.2) is 4.98 Å². The number of hydrogen-bond donors (Lipinski definition) is 0. The molecule has 190 valence electrons. The molecule has 5 nitrogen and oxygen atoms in total. The summed E-state index contributed by atoms with van der Waals surface area (Å²) in [7, 11) is 0. The van der Waals surface area contributed by atoms with Crippen LogP contribution in [0.25, 0.3) is 10.2 Å². The van der Waals surface area contributed by atoms with Gasteiger partial charge in [-0.15, -0.1) is 12.4 Å². The minimum absolute atomic E-state index is 0. The summed E-state index contributed by atoms with van der Waals surface area (Å²) in [5, 5.41) is 0.706. The smallest absolute Gasteiger partial charge is 0.260 e. The van der Waals surface area contributed by atoms with E-state index in [1.54, 1.807) is 0 Å². The van der Waals surface area contributed by atoms with Crippen molar-refractivity contribution in [1.82, 2.24) is 9.88 Å². The van der Waals surface area contributed by atoms with Crippen molar-refractivity contribution >= 4 is 45.0 Å². The van der Waals surface area contributed by atoms with E-state index in [4.69, 9.17) is 9.72 Å². The third-order valence-corrected chi connectivity index (χ3v) is 7.18. The van der Waals surface area contributed by atoms with Crippen molar-refractivity contribution in [3.63, 3.8) is 0 Å². The van der Waals surface area contributed by atoms with Crippen LogP contribution in [0.15, 0.2) is 72.8 Å². The fraction of sp³-hybridized carbons (Fsp3) is 0.310. The van der Waals surface area contributed by atoms with Crippen LogP contribution in [0.3, 0.4) is 0 Å². The summed E-state index contributed by atoms with van der Waals surface area (Å²) in [6.07, 6.45) is 0.846. The van der Waals surface area contributed by atoms with Gasteiger partial charge >= 0.3 is 0 Å². The number of thiazole rings is 1. The Morgan fingerprint density at radius 3 is 2.22 bits per heavy atom. The van der Waals surface area contributed by atoms with Crippen molar-refractivity contribution in [1.29, 1.82) is 0 Å². The first-order chi connectivity index (χ1) is 17.1. The molecule has 0 aliphatic carbocycles. The maximum Gasteiger partial charge on any atom is 0.260 e. The van der Waals surface area contributed by atoms with E-state index in [0.717, 1.165) is 42.0 Å².